The monoisotopic (exact) mass is 321 g/mol. The summed E-state index contributed by atoms with van der Waals surface area (Å²) in [5, 5.41) is 14.7. The number of rotatable bonds is 7. The minimum atomic E-state index is -0.557. The van der Waals surface area contributed by atoms with E-state index in [1.165, 1.54) is 18.4 Å². The van der Waals surface area contributed by atoms with E-state index < -0.39 is 6.10 Å². The number of methoxy groups -OCH3 is 2. The lowest BCUT2D eigenvalue weighted by atomic mass is 10.1. The highest BCUT2D eigenvalue weighted by atomic mass is 32.1. The third-order valence-electron chi connectivity index (χ3n) is 3.23. The summed E-state index contributed by atoms with van der Waals surface area (Å²) >= 11 is 1.50. The Bertz CT molecular complexity index is 613. The van der Waals surface area contributed by atoms with Crippen molar-refractivity contribution in [3.63, 3.8) is 0 Å². The number of amides is 1. The van der Waals surface area contributed by atoms with E-state index in [4.69, 9.17) is 9.47 Å². The Morgan fingerprint density at radius 1 is 1.32 bits per heavy atom. The summed E-state index contributed by atoms with van der Waals surface area (Å²) in [6.07, 6.45) is -0.0943. The van der Waals surface area contributed by atoms with Crippen LogP contribution in [0.4, 0.5) is 0 Å². The molecular weight excluding hydrogens is 302 g/mol. The zero-order valence-corrected chi connectivity index (χ0v) is 13.4. The fraction of sp³-hybridized carbons (Fsp3) is 0.312. The predicted molar refractivity (Wildman–Crippen MR) is 85.8 cm³/mol. The van der Waals surface area contributed by atoms with Crippen LogP contribution in [0.1, 0.15) is 27.8 Å². The summed E-state index contributed by atoms with van der Waals surface area (Å²) < 4.78 is 10.3. The smallest absolute Gasteiger partial charge is 0.255 e. The van der Waals surface area contributed by atoms with Gasteiger partial charge in [-0.25, -0.2) is 0 Å². The molecule has 1 atom stereocenters. The summed E-state index contributed by atoms with van der Waals surface area (Å²) in [7, 11) is 3.06. The molecule has 0 spiro atoms. The Hall–Kier alpha value is -2.05. The molecule has 0 bridgehead atoms. The number of aliphatic hydroxyl groups is 1. The van der Waals surface area contributed by atoms with Crippen molar-refractivity contribution < 1.29 is 19.4 Å². The number of benzene rings is 1. The normalized spacial score (nSPS) is 11.8. The van der Waals surface area contributed by atoms with Gasteiger partial charge in [0.25, 0.3) is 5.91 Å². The van der Waals surface area contributed by atoms with Crippen LogP contribution < -0.4 is 14.8 Å². The second-order valence-corrected chi connectivity index (χ2v) is 5.62. The summed E-state index contributed by atoms with van der Waals surface area (Å²) in [6, 6.07) is 8.80. The van der Waals surface area contributed by atoms with Crippen molar-refractivity contribution in [2.24, 2.45) is 0 Å². The van der Waals surface area contributed by atoms with Gasteiger partial charge in [-0.1, -0.05) is 6.07 Å². The maximum atomic E-state index is 12.2. The van der Waals surface area contributed by atoms with E-state index in [1.54, 1.807) is 25.3 Å². The van der Waals surface area contributed by atoms with Gasteiger partial charge in [0.2, 0.25) is 0 Å². The highest BCUT2D eigenvalue weighted by molar-refractivity contribution is 7.10. The van der Waals surface area contributed by atoms with Gasteiger partial charge in [0, 0.05) is 17.5 Å². The van der Waals surface area contributed by atoms with Gasteiger partial charge in [0.05, 0.1) is 25.9 Å². The van der Waals surface area contributed by atoms with Crippen molar-refractivity contribution in [2.75, 3.05) is 20.8 Å². The van der Waals surface area contributed by atoms with Crippen molar-refractivity contribution >= 4 is 17.2 Å². The molecule has 1 heterocycles. The molecule has 22 heavy (non-hydrogen) atoms. The molecule has 2 N–H and O–H groups in total. The average molecular weight is 321 g/mol. The molecule has 0 aliphatic heterocycles. The fourth-order valence-electron chi connectivity index (χ4n) is 2.03. The van der Waals surface area contributed by atoms with Crippen LogP contribution in [0.25, 0.3) is 0 Å². The van der Waals surface area contributed by atoms with Crippen LogP contribution in [-0.2, 0) is 0 Å². The standard InChI is InChI=1S/C16H19NO4S/c1-20-11-5-6-12(14(10-11)21-2)16(19)17-8-7-13(18)15-4-3-9-22-15/h3-6,9-10,13,18H,7-8H2,1-2H3,(H,17,19). The molecular formula is C16H19NO4S. The van der Waals surface area contributed by atoms with Gasteiger partial charge >= 0.3 is 0 Å². The quantitative estimate of drug-likeness (QED) is 0.822. The molecule has 5 nitrogen and oxygen atoms in total. The Morgan fingerprint density at radius 3 is 2.77 bits per heavy atom. The maximum absolute atomic E-state index is 12.2. The van der Waals surface area contributed by atoms with E-state index in [0.29, 0.717) is 30.0 Å². The van der Waals surface area contributed by atoms with Crippen LogP contribution in [0.3, 0.4) is 0 Å². The van der Waals surface area contributed by atoms with Crippen molar-refractivity contribution in [1.29, 1.82) is 0 Å². The first-order valence-corrected chi connectivity index (χ1v) is 7.75. The number of aliphatic hydroxyl groups excluding tert-OH is 1. The largest absolute Gasteiger partial charge is 0.497 e. The topological polar surface area (TPSA) is 67.8 Å². The molecule has 6 heteroatoms. The van der Waals surface area contributed by atoms with Gasteiger partial charge in [-0.15, -0.1) is 11.3 Å². The molecule has 1 amide bonds. The zero-order valence-electron chi connectivity index (χ0n) is 12.5. The third-order valence-corrected chi connectivity index (χ3v) is 4.20. The molecule has 118 valence electrons. The minimum Gasteiger partial charge on any atom is -0.497 e. The Morgan fingerprint density at radius 2 is 2.14 bits per heavy atom. The van der Waals surface area contributed by atoms with Crippen LogP contribution in [0.5, 0.6) is 11.5 Å². The Balaban J connectivity index is 1.92. The predicted octanol–water partition coefficient (Wildman–Crippen LogP) is 2.62. The number of carbonyl (C=O) groups is 1. The second kappa shape index (κ2) is 7.82. The fourth-order valence-corrected chi connectivity index (χ4v) is 2.77. The van der Waals surface area contributed by atoms with E-state index in [-0.39, 0.29) is 5.91 Å². The van der Waals surface area contributed by atoms with Gasteiger partial charge < -0.3 is 19.9 Å². The number of thiophene rings is 1. The highest BCUT2D eigenvalue weighted by Crippen LogP contribution is 2.25. The van der Waals surface area contributed by atoms with E-state index in [2.05, 4.69) is 5.32 Å². The van der Waals surface area contributed by atoms with E-state index in [0.717, 1.165) is 4.88 Å². The number of hydrogen-bond acceptors (Lipinski definition) is 5. The summed E-state index contributed by atoms with van der Waals surface area (Å²) in [5.74, 6) is 0.843. The molecule has 0 aliphatic carbocycles. The van der Waals surface area contributed by atoms with Gasteiger partial charge in [-0.05, 0) is 30.0 Å². The van der Waals surface area contributed by atoms with Crippen LogP contribution in [-0.4, -0.2) is 31.8 Å². The molecule has 1 aromatic heterocycles. The molecule has 0 radical (unpaired) electrons. The average Bonchev–Trinajstić information content (AvgIpc) is 3.08. The molecule has 0 saturated heterocycles. The number of nitrogens with one attached hydrogen (secondary N) is 1. The molecule has 0 saturated carbocycles. The van der Waals surface area contributed by atoms with Crippen LogP contribution >= 0.6 is 11.3 Å². The van der Waals surface area contributed by atoms with Crippen molar-refractivity contribution in [3.8, 4) is 11.5 Å². The molecule has 0 fully saturated rings. The van der Waals surface area contributed by atoms with Crippen LogP contribution in [0, 0.1) is 0 Å². The summed E-state index contributed by atoms with van der Waals surface area (Å²) in [4.78, 5) is 13.1. The van der Waals surface area contributed by atoms with Crippen molar-refractivity contribution in [1.82, 2.24) is 5.32 Å². The molecule has 1 unspecified atom stereocenters. The Labute approximate surface area is 133 Å². The van der Waals surface area contributed by atoms with Crippen molar-refractivity contribution in [2.45, 2.75) is 12.5 Å². The zero-order chi connectivity index (χ0) is 15.9. The first-order chi connectivity index (χ1) is 10.7. The summed E-state index contributed by atoms with van der Waals surface area (Å²) in [5.41, 5.74) is 0.439. The van der Waals surface area contributed by atoms with Gasteiger partial charge in [0.15, 0.2) is 0 Å². The highest BCUT2D eigenvalue weighted by Gasteiger charge is 2.14. The number of ether oxygens (including phenoxy) is 2. The molecule has 2 aromatic rings. The second-order valence-electron chi connectivity index (χ2n) is 4.64. The first-order valence-electron chi connectivity index (χ1n) is 6.87. The third kappa shape index (κ3) is 3.99. The van der Waals surface area contributed by atoms with Crippen molar-refractivity contribution in [3.05, 3.63) is 46.2 Å². The first kappa shape index (κ1) is 16.3. The number of hydrogen-bond donors (Lipinski definition) is 2. The SMILES string of the molecule is COc1ccc(C(=O)NCCC(O)c2cccs2)c(OC)c1. The lowest BCUT2D eigenvalue weighted by Gasteiger charge is -2.12. The van der Waals surface area contributed by atoms with E-state index in [1.807, 2.05) is 17.5 Å². The van der Waals surface area contributed by atoms with Gasteiger partial charge in [-0.2, -0.15) is 0 Å². The van der Waals surface area contributed by atoms with Crippen LogP contribution in [0.2, 0.25) is 0 Å². The minimum absolute atomic E-state index is 0.238. The lowest BCUT2D eigenvalue weighted by molar-refractivity contribution is 0.0940. The summed E-state index contributed by atoms with van der Waals surface area (Å²) in [6.45, 7) is 0.382. The molecule has 2 rings (SSSR count). The molecule has 1 aromatic carbocycles. The van der Waals surface area contributed by atoms with E-state index >= 15 is 0 Å². The molecule has 0 aliphatic rings. The van der Waals surface area contributed by atoms with Gasteiger partial charge in [0.1, 0.15) is 11.5 Å². The number of carbonyl (C=O) groups excluding carboxylic acids is 1. The van der Waals surface area contributed by atoms with Gasteiger partial charge in [-0.3, -0.25) is 4.79 Å². The maximum Gasteiger partial charge on any atom is 0.255 e. The van der Waals surface area contributed by atoms with Crippen LogP contribution in [0.15, 0.2) is 35.7 Å². The lowest BCUT2D eigenvalue weighted by Crippen LogP contribution is -2.26. The Kier molecular flexibility index (Phi) is 5.80. The van der Waals surface area contributed by atoms with E-state index in [9.17, 15) is 9.90 Å².